The second kappa shape index (κ2) is 7.36. The van der Waals surface area contributed by atoms with Gasteiger partial charge < -0.3 is 18.6 Å². The molecule has 0 aliphatic carbocycles. The van der Waals surface area contributed by atoms with Crippen LogP contribution in [0.3, 0.4) is 0 Å². The standard InChI is InChI=1S/C19H17N3O5/c1-2-24-14-6-4-13(5-7-14)18-21-22-19(27-18)20-17(23)10-12-3-8-15-16(9-12)26-11-25-15/h3-9H,2,10-11H2,1H3,(H,20,22,23). The van der Waals surface area contributed by atoms with Crippen LogP contribution in [0.2, 0.25) is 0 Å². The fraction of sp³-hybridized carbons (Fsp3) is 0.211. The highest BCUT2D eigenvalue weighted by atomic mass is 16.7. The molecule has 0 spiro atoms. The van der Waals surface area contributed by atoms with Crippen molar-refractivity contribution in [3.63, 3.8) is 0 Å². The van der Waals surface area contributed by atoms with Crippen LogP contribution < -0.4 is 19.5 Å². The van der Waals surface area contributed by atoms with Crippen LogP contribution in [0.1, 0.15) is 12.5 Å². The summed E-state index contributed by atoms with van der Waals surface area (Å²) in [4.78, 5) is 12.2. The summed E-state index contributed by atoms with van der Waals surface area (Å²) < 4.78 is 21.5. The van der Waals surface area contributed by atoms with E-state index in [0.29, 0.717) is 24.0 Å². The monoisotopic (exact) mass is 367 g/mol. The molecule has 1 aromatic heterocycles. The first-order valence-electron chi connectivity index (χ1n) is 8.46. The Morgan fingerprint density at radius 1 is 1.11 bits per heavy atom. The predicted molar refractivity (Wildman–Crippen MR) is 95.8 cm³/mol. The van der Waals surface area contributed by atoms with Crippen LogP contribution >= 0.6 is 0 Å². The van der Waals surface area contributed by atoms with Gasteiger partial charge in [0.05, 0.1) is 13.0 Å². The molecule has 0 saturated heterocycles. The van der Waals surface area contributed by atoms with Gasteiger partial charge in [-0.15, -0.1) is 5.10 Å². The van der Waals surface area contributed by atoms with Crippen molar-refractivity contribution >= 4 is 11.9 Å². The van der Waals surface area contributed by atoms with Gasteiger partial charge >= 0.3 is 6.01 Å². The molecule has 8 nitrogen and oxygen atoms in total. The molecule has 8 heteroatoms. The zero-order chi connectivity index (χ0) is 18.6. The summed E-state index contributed by atoms with van der Waals surface area (Å²) in [6.07, 6.45) is 0.150. The SMILES string of the molecule is CCOc1ccc(-c2nnc(NC(=O)Cc3ccc4c(c3)OCO4)o2)cc1. The fourth-order valence-electron chi connectivity index (χ4n) is 2.65. The van der Waals surface area contributed by atoms with Gasteiger partial charge in [0.25, 0.3) is 0 Å². The molecule has 138 valence electrons. The maximum Gasteiger partial charge on any atom is 0.322 e. The topological polar surface area (TPSA) is 95.7 Å². The van der Waals surface area contributed by atoms with Gasteiger partial charge in [-0.05, 0) is 48.9 Å². The normalized spacial score (nSPS) is 12.0. The van der Waals surface area contributed by atoms with Crippen molar-refractivity contribution in [1.29, 1.82) is 0 Å². The molecule has 0 atom stereocenters. The number of hydrogen-bond acceptors (Lipinski definition) is 7. The quantitative estimate of drug-likeness (QED) is 0.715. The molecule has 2 aromatic carbocycles. The van der Waals surface area contributed by atoms with E-state index in [-0.39, 0.29) is 25.1 Å². The highest BCUT2D eigenvalue weighted by Crippen LogP contribution is 2.32. The summed E-state index contributed by atoms with van der Waals surface area (Å²) in [7, 11) is 0. The average molecular weight is 367 g/mol. The Labute approximate surface area is 155 Å². The molecule has 0 saturated carbocycles. The number of nitrogens with one attached hydrogen (secondary N) is 1. The lowest BCUT2D eigenvalue weighted by Gasteiger charge is -2.03. The van der Waals surface area contributed by atoms with Crippen LogP contribution in [0.15, 0.2) is 46.9 Å². The minimum atomic E-state index is -0.268. The number of anilines is 1. The number of benzene rings is 2. The molecule has 27 heavy (non-hydrogen) atoms. The van der Waals surface area contributed by atoms with E-state index in [1.165, 1.54) is 0 Å². The molecule has 0 unspecified atom stereocenters. The van der Waals surface area contributed by atoms with E-state index in [9.17, 15) is 4.79 Å². The lowest BCUT2D eigenvalue weighted by molar-refractivity contribution is -0.115. The molecule has 0 fully saturated rings. The molecule has 1 aliphatic rings. The second-order valence-electron chi connectivity index (χ2n) is 5.78. The fourth-order valence-corrected chi connectivity index (χ4v) is 2.65. The third-order valence-electron chi connectivity index (χ3n) is 3.89. The number of aromatic nitrogens is 2. The lowest BCUT2D eigenvalue weighted by Crippen LogP contribution is -2.14. The molecule has 3 aromatic rings. The first kappa shape index (κ1) is 16.9. The van der Waals surface area contributed by atoms with Gasteiger partial charge in [0, 0.05) is 5.56 Å². The van der Waals surface area contributed by atoms with Crippen LogP contribution in [0.25, 0.3) is 11.5 Å². The molecular formula is C19H17N3O5. The number of hydrogen-bond donors (Lipinski definition) is 1. The number of fused-ring (bicyclic) bond motifs is 1. The number of ether oxygens (including phenoxy) is 3. The Hall–Kier alpha value is -3.55. The van der Waals surface area contributed by atoms with E-state index in [4.69, 9.17) is 18.6 Å². The molecule has 1 N–H and O–H groups in total. The van der Waals surface area contributed by atoms with E-state index in [1.807, 2.05) is 37.3 Å². The molecule has 0 radical (unpaired) electrons. The van der Waals surface area contributed by atoms with E-state index < -0.39 is 0 Å². The maximum absolute atomic E-state index is 12.2. The van der Waals surface area contributed by atoms with E-state index in [2.05, 4.69) is 15.5 Å². The van der Waals surface area contributed by atoms with Crippen LogP contribution in [-0.4, -0.2) is 29.5 Å². The van der Waals surface area contributed by atoms with E-state index in [1.54, 1.807) is 12.1 Å². The van der Waals surface area contributed by atoms with Gasteiger partial charge in [0.2, 0.25) is 18.6 Å². The highest BCUT2D eigenvalue weighted by molar-refractivity contribution is 5.90. The predicted octanol–water partition coefficient (Wildman–Crippen LogP) is 3.05. The van der Waals surface area contributed by atoms with E-state index >= 15 is 0 Å². The first-order chi connectivity index (χ1) is 13.2. The number of nitrogens with zero attached hydrogens (tertiary/aromatic N) is 2. The minimum Gasteiger partial charge on any atom is -0.494 e. The van der Waals surface area contributed by atoms with Crippen molar-refractivity contribution in [2.75, 3.05) is 18.7 Å². The van der Waals surface area contributed by atoms with Gasteiger partial charge in [-0.25, -0.2) is 0 Å². The summed E-state index contributed by atoms with van der Waals surface area (Å²) in [5.41, 5.74) is 1.53. The van der Waals surface area contributed by atoms with Gasteiger partial charge in [0.15, 0.2) is 11.5 Å². The number of carbonyl (C=O) groups excluding carboxylic acids is 1. The van der Waals surface area contributed by atoms with Crippen molar-refractivity contribution in [1.82, 2.24) is 10.2 Å². The third-order valence-corrected chi connectivity index (χ3v) is 3.89. The Balaban J connectivity index is 1.39. The molecule has 0 bridgehead atoms. The zero-order valence-corrected chi connectivity index (χ0v) is 14.6. The Morgan fingerprint density at radius 3 is 2.74 bits per heavy atom. The maximum atomic E-state index is 12.2. The summed E-state index contributed by atoms with van der Waals surface area (Å²) in [6, 6.07) is 12.7. The molecular weight excluding hydrogens is 350 g/mol. The van der Waals surface area contributed by atoms with Crippen molar-refractivity contribution in [3.8, 4) is 28.7 Å². The third kappa shape index (κ3) is 3.84. The largest absolute Gasteiger partial charge is 0.494 e. The number of carbonyl (C=O) groups is 1. The molecule has 2 heterocycles. The molecule has 4 rings (SSSR count). The summed E-state index contributed by atoms with van der Waals surface area (Å²) in [5, 5.41) is 10.4. The molecule has 1 amide bonds. The van der Waals surface area contributed by atoms with Crippen molar-refractivity contribution in [2.45, 2.75) is 13.3 Å². The van der Waals surface area contributed by atoms with Gasteiger partial charge in [-0.1, -0.05) is 11.2 Å². The Bertz CT molecular complexity index is 952. The number of rotatable bonds is 6. The molecule has 1 aliphatic heterocycles. The number of amides is 1. The average Bonchev–Trinajstić information content (AvgIpc) is 3.31. The Morgan fingerprint density at radius 2 is 1.93 bits per heavy atom. The van der Waals surface area contributed by atoms with Crippen molar-refractivity contribution in [2.24, 2.45) is 0 Å². The summed E-state index contributed by atoms with van der Waals surface area (Å²) >= 11 is 0. The van der Waals surface area contributed by atoms with Crippen LogP contribution in [0.4, 0.5) is 6.01 Å². The van der Waals surface area contributed by atoms with Crippen molar-refractivity contribution < 1.29 is 23.4 Å². The van der Waals surface area contributed by atoms with Gasteiger partial charge in [-0.3, -0.25) is 10.1 Å². The van der Waals surface area contributed by atoms with Crippen molar-refractivity contribution in [3.05, 3.63) is 48.0 Å². The van der Waals surface area contributed by atoms with Crippen LogP contribution in [0, 0.1) is 0 Å². The zero-order valence-electron chi connectivity index (χ0n) is 14.6. The first-order valence-corrected chi connectivity index (χ1v) is 8.46. The minimum absolute atomic E-state index is 0.0460. The van der Waals surface area contributed by atoms with Crippen LogP contribution in [0.5, 0.6) is 17.2 Å². The van der Waals surface area contributed by atoms with Gasteiger partial charge in [-0.2, -0.15) is 0 Å². The lowest BCUT2D eigenvalue weighted by atomic mass is 10.1. The smallest absolute Gasteiger partial charge is 0.322 e. The second-order valence-corrected chi connectivity index (χ2v) is 5.78. The Kier molecular flexibility index (Phi) is 4.61. The van der Waals surface area contributed by atoms with Crippen LogP contribution in [-0.2, 0) is 11.2 Å². The van der Waals surface area contributed by atoms with Gasteiger partial charge in [0.1, 0.15) is 5.75 Å². The summed E-state index contributed by atoms with van der Waals surface area (Å²) in [6.45, 7) is 2.71. The highest BCUT2D eigenvalue weighted by Gasteiger charge is 2.16. The summed E-state index contributed by atoms with van der Waals surface area (Å²) in [5.74, 6) is 2.12. The van der Waals surface area contributed by atoms with E-state index in [0.717, 1.165) is 16.9 Å².